The highest BCUT2D eigenvalue weighted by Gasteiger charge is 2.40. The number of nitrogens with zero attached hydrogens (tertiary/aromatic N) is 2. The fourth-order valence-corrected chi connectivity index (χ4v) is 4.99. The average Bonchev–Trinajstić information content (AvgIpc) is 3.12. The fraction of sp³-hybridized carbons (Fsp3) is 0.409. The second-order valence-corrected chi connectivity index (χ2v) is 8.25. The maximum atomic E-state index is 12.5. The Morgan fingerprint density at radius 1 is 1.26 bits per heavy atom. The highest BCUT2D eigenvalue weighted by Crippen LogP contribution is 2.38. The van der Waals surface area contributed by atoms with E-state index in [1.807, 2.05) is 0 Å². The first kappa shape index (κ1) is 16.8. The number of aliphatic hydroxyl groups is 1. The summed E-state index contributed by atoms with van der Waals surface area (Å²) >= 11 is 0. The van der Waals surface area contributed by atoms with Crippen molar-refractivity contribution >= 4 is 10.9 Å². The normalized spacial score (nSPS) is 22.2. The second kappa shape index (κ2) is 5.81. The van der Waals surface area contributed by atoms with Crippen LogP contribution >= 0.6 is 0 Å². The molecule has 0 spiro atoms. The Labute approximate surface area is 158 Å². The van der Waals surface area contributed by atoms with Crippen molar-refractivity contribution < 1.29 is 5.11 Å². The summed E-state index contributed by atoms with van der Waals surface area (Å²) in [7, 11) is 2.15. The van der Waals surface area contributed by atoms with Gasteiger partial charge in [0.2, 0.25) is 0 Å². The number of H-pyrrole nitrogens is 1. The van der Waals surface area contributed by atoms with E-state index in [1.54, 1.807) is 6.20 Å². The SMILES string of the molecule is Cc1ccc2c(c1)c1c(n2CC2(O)CCc3[nH]ccc(=O)c32)CCN(C)C1. The topological polar surface area (TPSA) is 61.3 Å². The third-order valence-electron chi connectivity index (χ3n) is 6.31. The van der Waals surface area contributed by atoms with Gasteiger partial charge in [-0.05, 0) is 44.5 Å². The van der Waals surface area contributed by atoms with E-state index in [4.69, 9.17) is 0 Å². The van der Waals surface area contributed by atoms with Crippen molar-refractivity contribution in [2.75, 3.05) is 13.6 Å². The van der Waals surface area contributed by atoms with E-state index in [9.17, 15) is 9.90 Å². The zero-order valence-corrected chi connectivity index (χ0v) is 15.9. The first-order chi connectivity index (χ1) is 13.0. The van der Waals surface area contributed by atoms with Crippen LogP contribution in [0.25, 0.3) is 10.9 Å². The summed E-state index contributed by atoms with van der Waals surface area (Å²) in [6.45, 7) is 4.50. The van der Waals surface area contributed by atoms with Crippen molar-refractivity contribution in [1.82, 2.24) is 14.5 Å². The molecule has 1 aliphatic carbocycles. The Kier molecular flexibility index (Phi) is 3.61. The minimum absolute atomic E-state index is 0.0651. The summed E-state index contributed by atoms with van der Waals surface area (Å²) in [5.74, 6) is 0. The third kappa shape index (κ3) is 2.49. The Bertz CT molecular complexity index is 1110. The molecule has 0 bridgehead atoms. The Hall–Kier alpha value is -2.37. The van der Waals surface area contributed by atoms with Gasteiger partial charge in [0.05, 0.1) is 12.1 Å². The molecule has 1 unspecified atom stereocenters. The molecule has 0 saturated carbocycles. The summed E-state index contributed by atoms with van der Waals surface area (Å²) in [4.78, 5) is 18.0. The van der Waals surface area contributed by atoms with Gasteiger partial charge in [-0.15, -0.1) is 0 Å². The van der Waals surface area contributed by atoms with E-state index in [2.05, 4.69) is 46.6 Å². The first-order valence-electron chi connectivity index (χ1n) is 9.69. The van der Waals surface area contributed by atoms with Gasteiger partial charge in [-0.25, -0.2) is 0 Å². The molecule has 2 aliphatic rings. The zero-order chi connectivity index (χ0) is 18.8. The lowest BCUT2D eigenvalue weighted by Crippen LogP contribution is -2.35. The smallest absolute Gasteiger partial charge is 0.187 e. The Morgan fingerprint density at radius 3 is 2.96 bits per heavy atom. The average molecular weight is 363 g/mol. The minimum Gasteiger partial charge on any atom is -0.383 e. The van der Waals surface area contributed by atoms with E-state index >= 15 is 0 Å². The summed E-state index contributed by atoms with van der Waals surface area (Å²) in [6, 6.07) is 8.07. The number of rotatable bonds is 2. The van der Waals surface area contributed by atoms with Crippen LogP contribution < -0.4 is 5.43 Å². The zero-order valence-electron chi connectivity index (χ0n) is 15.9. The van der Waals surface area contributed by atoms with E-state index in [0.717, 1.165) is 30.7 Å². The monoisotopic (exact) mass is 363 g/mol. The highest BCUT2D eigenvalue weighted by molar-refractivity contribution is 5.86. The first-order valence-corrected chi connectivity index (χ1v) is 9.69. The number of fused-ring (bicyclic) bond motifs is 4. The van der Waals surface area contributed by atoms with Crippen LogP contribution in [0.5, 0.6) is 0 Å². The van der Waals surface area contributed by atoms with Crippen LogP contribution in [-0.2, 0) is 31.5 Å². The van der Waals surface area contributed by atoms with Crippen LogP contribution in [0.1, 0.15) is 34.5 Å². The van der Waals surface area contributed by atoms with Crippen LogP contribution in [-0.4, -0.2) is 33.1 Å². The van der Waals surface area contributed by atoms with E-state index in [-0.39, 0.29) is 5.43 Å². The molecule has 0 saturated heterocycles. The molecule has 0 fully saturated rings. The van der Waals surface area contributed by atoms with Crippen molar-refractivity contribution in [3.63, 3.8) is 0 Å². The van der Waals surface area contributed by atoms with Crippen molar-refractivity contribution in [1.29, 1.82) is 0 Å². The quantitative estimate of drug-likeness (QED) is 0.735. The maximum Gasteiger partial charge on any atom is 0.187 e. The number of nitrogens with one attached hydrogen (secondary N) is 1. The van der Waals surface area contributed by atoms with Crippen molar-refractivity contribution in [2.24, 2.45) is 0 Å². The number of pyridine rings is 1. The lowest BCUT2D eigenvalue weighted by molar-refractivity contribution is 0.0197. The molecule has 1 aliphatic heterocycles. The molecule has 1 aromatic carbocycles. The molecular weight excluding hydrogens is 338 g/mol. The lowest BCUT2D eigenvalue weighted by atomic mass is 9.96. The fourth-order valence-electron chi connectivity index (χ4n) is 4.99. The van der Waals surface area contributed by atoms with Crippen LogP contribution in [0.2, 0.25) is 0 Å². The standard InChI is InChI=1S/C22H25N3O2/c1-14-3-4-18-15(11-14)16-12-24(2)10-7-19(16)25(18)13-22(27)8-5-17-21(22)20(26)6-9-23-17/h3-4,6,9,11,27H,5,7-8,10,12-13H2,1-2H3,(H,23,26). The largest absolute Gasteiger partial charge is 0.383 e. The van der Waals surface area contributed by atoms with Gasteiger partial charge in [0.1, 0.15) is 5.60 Å². The van der Waals surface area contributed by atoms with Crippen molar-refractivity contribution in [2.45, 2.75) is 44.9 Å². The minimum atomic E-state index is -1.11. The lowest BCUT2D eigenvalue weighted by Gasteiger charge is -2.28. The summed E-state index contributed by atoms with van der Waals surface area (Å²) in [5, 5.41) is 12.8. The van der Waals surface area contributed by atoms with Gasteiger partial charge in [-0.3, -0.25) is 4.79 Å². The van der Waals surface area contributed by atoms with Crippen molar-refractivity contribution in [3.05, 3.63) is 68.8 Å². The molecule has 5 heteroatoms. The van der Waals surface area contributed by atoms with Gasteiger partial charge < -0.3 is 19.6 Å². The Morgan fingerprint density at radius 2 is 2.11 bits per heavy atom. The van der Waals surface area contributed by atoms with Gasteiger partial charge in [0.15, 0.2) is 5.43 Å². The van der Waals surface area contributed by atoms with Gasteiger partial charge in [-0.2, -0.15) is 0 Å². The number of hydrogen-bond acceptors (Lipinski definition) is 3. The summed E-state index contributed by atoms with van der Waals surface area (Å²) < 4.78 is 2.28. The van der Waals surface area contributed by atoms with Crippen LogP contribution in [0.3, 0.4) is 0 Å². The molecular formula is C22H25N3O2. The molecule has 0 amide bonds. The number of aromatic nitrogens is 2. The highest BCUT2D eigenvalue weighted by atomic mass is 16.3. The number of hydrogen-bond donors (Lipinski definition) is 2. The summed E-state index contributed by atoms with van der Waals surface area (Å²) in [5.41, 5.74) is 5.34. The van der Waals surface area contributed by atoms with E-state index in [0.29, 0.717) is 24.9 Å². The molecule has 3 heterocycles. The molecule has 3 aromatic rings. The summed E-state index contributed by atoms with van der Waals surface area (Å²) in [6.07, 6.45) is 3.94. The predicted octanol–water partition coefficient (Wildman–Crippen LogP) is 2.46. The van der Waals surface area contributed by atoms with E-state index < -0.39 is 5.60 Å². The molecule has 5 rings (SSSR count). The molecule has 0 radical (unpaired) electrons. The molecule has 2 aromatic heterocycles. The van der Waals surface area contributed by atoms with Gasteiger partial charge in [0, 0.05) is 54.1 Å². The predicted molar refractivity (Wildman–Crippen MR) is 106 cm³/mol. The molecule has 140 valence electrons. The van der Waals surface area contributed by atoms with Crippen molar-refractivity contribution in [3.8, 4) is 0 Å². The van der Waals surface area contributed by atoms with Crippen LogP contribution in [0.15, 0.2) is 35.3 Å². The number of aromatic amines is 1. The molecule has 5 nitrogen and oxygen atoms in total. The van der Waals surface area contributed by atoms with Crippen LogP contribution in [0.4, 0.5) is 0 Å². The Balaban J connectivity index is 1.69. The number of aryl methyl sites for hydroxylation is 2. The molecule has 2 N–H and O–H groups in total. The van der Waals surface area contributed by atoms with Crippen LogP contribution in [0, 0.1) is 6.92 Å². The number of likely N-dealkylation sites (N-methyl/N-ethyl adjacent to an activating group) is 1. The maximum absolute atomic E-state index is 12.5. The van der Waals surface area contributed by atoms with Gasteiger partial charge >= 0.3 is 0 Å². The van der Waals surface area contributed by atoms with E-state index in [1.165, 1.54) is 28.3 Å². The van der Waals surface area contributed by atoms with Gasteiger partial charge in [0.25, 0.3) is 0 Å². The van der Waals surface area contributed by atoms with Gasteiger partial charge in [-0.1, -0.05) is 11.6 Å². The number of benzene rings is 1. The second-order valence-electron chi connectivity index (χ2n) is 8.25. The molecule has 1 atom stereocenters. The third-order valence-corrected chi connectivity index (χ3v) is 6.31. The molecule has 27 heavy (non-hydrogen) atoms.